The topological polar surface area (TPSA) is 50.7 Å². The Morgan fingerprint density at radius 2 is 1.75 bits per heavy atom. The molecule has 0 amide bonds. The van der Waals surface area contributed by atoms with Crippen LogP contribution in [0.1, 0.15) is 57.2 Å². The predicted molar refractivity (Wildman–Crippen MR) is 102 cm³/mol. The van der Waals surface area contributed by atoms with Crippen molar-refractivity contribution in [3.8, 4) is 11.1 Å². The molecule has 0 aliphatic heterocycles. The molecule has 4 rings (SSSR count). The average molecular weight is 389 g/mol. The van der Waals surface area contributed by atoms with Crippen LogP contribution in [0.15, 0.2) is 35.1 Å². The van der Waals surface area contributed by atoms with Crippen LogP contribution in [0, 0.1) is 0 Å². The Morgan fingerprint density at radius 3 is 2.25 bits per heavy atom. The number of fused-ring (bicyclic) bond motifs is 1. The molecular formula is C21H22F3N3O. The minimum absolute atomic E-state index is 0.306. The Kier molecular flexibility index (Phi) is 4.17. The van der Waals surface area contributed by atoms with Crippen LogP contribution < -0.4 is 5.56 Å². The fourth-order valence-electron chi connectivity index (χ4n) is 3.62. The SMILES string of the molecule is CC(C)(C)n1nc(C2CCC2)c2cc(-c3ccc(C(F)(F)F)cc3)c(=O)[nH]c21. The van der Waals surface area contributed by atoms with Gasteiger partial charge >= 0.3 is 6.18 Å². The first-order valence-corrected chi connectivity index (χ1v) is 9.40. The highest BCUT2D eigenvalue weighted by atomic mass is 19.4. The van der Waals surface area contributed by atoms with Crippen LogP contribution in [-0.2, 0) is 11.7 Å². The van der Waals surface area contributed by atoms with Crippen molar-refractivity contribution in [2.24, 2.45) is 0 Å². The molecule has 0 bridgehead atoms. The van der Waals surface area contributed by atoms with Gasteiger partial charge in [0.15, 0.2) is 0 Å². The summed E-state index contributed by atoms with van der Waals surface area (Å²) in [5, 5.41) is 5.67. The lowest BCUT2D eigenvalue weighted by molar-refractivity contribution is -0.137. The lowest BCUT2D eigenvalue weighted by Crippen LogP contribution is -2.25. The Labute approximate surface area is 160 Å². The molecule has 28 heavy (non-hydrogen) atoms. The first-order valence-electron chi connectivity index (χ1n) is 9.40. The number of nitrogens with zero attached hydrogens (tertiary/aromatic N) is 2. The van der Waals surface area contributed by atoms with Crippen LogP contribution in [0.25, 0.3) is 22.2 Å². The predicted octanol–water partition coefficient (Wildman–Crippen LogP) is 5.43. The van der Waals surface area contributed by atoms with Gasteiger partial charge in [-0.05, 0) is 57.4 Å². The van der Waals surface area contributed by atoms with Gasteiger partial charge in [0, 0.05) is 16.9 Å². The molecule has 1 aromatic carbocycles. The van der Waals surface area contributed by atoms with E-state index in [2.05, 4.69) is 4.98 Å². The second-order valence-corrected chi connectivity index (χ2v) is 8.45. The Morgan fingerprint density at radius 1 is 1.11 bits per heavy atom. The van der Waals surface area contributed by atoms with Crippen LogP contribution in [0.5, 0.6) is 0 Å². The molecule has 0 spiro atoms. The van der Waals surface area contributed by atoms with Crippen molar-refractivity contribution in [1.29, 1.82) is 0 Å². The van der Waals surface area contributed by atoms with E-state index >= 15 is 0 Å². The van der Waals surface area contributed by atoms with Crippen molar-refractivity contribution < 1.29 is 13.2 Å². The molecule has 3 aromatic rings. The molecule has 1 aliphatic rings. The summed E-state index contributed by atoms with van der Waals surface area (Å²) in [7, 11) is 0. The quantitative estimate of drug-likeness (QED) is 0.635. The van der Waals surface area contributed by atoms with Gasteiger partial charge in [-0.3, -0.25) is 4.79 Å². The minimum atomic E-state index is -4.40. The highest BCUT2D eigenvalue weighted by molar-refractivity contribution is 5.84. The zero-order chi connectivity index (χ0) is 20.3. The summed E-state index contributed by atoms with van der Waals surface area (Å²) in [6, 6.07) is 6.47. The molecule has 2 heterocycles. The van der Waals surface area contributed by atoms with E-state index in [4.69, 9.17) is 5.10 Å². The second kappa shape index (κ2) is 6.22. The van der Waals surface area contributed by atoms with Crippen LogP contribution in [0.4, 0.5) is 13.2 Å². The first-order chi connectivity index (χ1) is 13.1. The fraction of sp³-hybridized carbons (Fsp3) is 0.429. The van der Waals surface area contributed by atoms with E-state index in [1.807, 2.05) is 25.5 Å². The number of halogens is 3. The maximum absolute atomic E-state index is 12.8. The van der Waals surface area contributed by atoms with E-state index in [0.29, 0.717) is 22.7 Å². The van der Waals surface area contributed by atoms with Gasteiger partial charge < -0.3 is 4.98 Å². The van der Waals surface area contributed by atoms with Crippen molar-refractivity contribution in [2.75, 3.05) is 0 Å². The molecule has 0 radical (unpaired) electrons. The summed E-state index contributed by atoms with van der Waals surface area (Å²) in [5.74, 6) is 0.359. The molecule has 2 aromatic heterocycles. The van der Waals surface area contributed by atoms with Crippen LogP contribution in [0.3, 0.4) is 0 Å². The molecule has 0 atom stereocenters. The molecule has 148 valence electrons. The van der Waals surface area contributed by atoms with Gasteiger partial charge in [0.2, 0.25) is 0 Å². The monoisotopic (exact) mass is 389 g/mol. The molecule has 7 heteroatoms. The summed E-state index contributed by atoms with van der Waals surface area (Å²) in [5.41, 5.74) is 1.06. The molecule has 1 N–H and O–H groups in total. The first kappa shape index (κ1) is 18.8. The molecule has 1 fully saturated rings. The fourth-order valence-corrected chi connectivity index (χ4v) is 3.62. The summed E-state index contributed by atoms with van der Waals surface area (Å²) in [6.07, 6.45) is -1.13. The summed E-state index contributed by atoms with van der Waals surface area (Å²) in [6.45, 7) is 6.06. The normalized spacial score (nSPS) is 15.8. The van der Waals surface area contributed by atoms with Crippen molar-refractivity contribution in [2.45, 2.75) is 57.7 Å². The van der Waals surface area contributed by atoms with Crippen molar-refractivity contribution in [3.05, 3.63) is 51.9 Å². The van der Waals surface area contributed by atoms with E-state index in [0.717, 1.165) is 42.5 Å². The Bertz CT molecular complexity index is 1080. The number of nitrogens with one attached hydrogen (secondary N) is 1. The maximum Gasteiger partial charge on any atom is 0.416 e. The van der Waals surface area contributed by atoms with Crippen molar-refractivity contribution in [1.82, 2.24) is 14.8 Å². The molecular weight excluding hydrogens is 367 g/mol. The average Bonchev–Trinajstić information content (AvgIpc) is 2.90. The van der Waals surface area contributed by atoms with Crippen LogP contribution in [0.2, 0.25) is 0 Å². The number of rotatable bonds is 2. The summed E-state index contributed by atoms with van der Waals surface area (Å²) < 4.78 is 40.3. The number of aromatic nitrogens is 3. The lowest BCUT2D eigenvalue weighted by Gasteiger charge is -2.24. The third-order valence-corrected chi connectivity index (χ3v) is 5.37. The zero-order valence-electron chi connectivity index (χ0n) is 16.0. The number of pyridine rings is 1. The molecule has 1 aliphatic carbocycles. The third kappa shape index (κ3) is 3.12. The maximum atomic E-state index is 12.8. The van der Waals surface area contributed by atoms with Crippen molar-refractivity contribution in [3.63, 3.8) is 0 Å². The Hall–Kier alpha value is -2.57. The number of hydrogen-bond acceptors (Lipinski definition) is 2. The van der Waals surface area contributed by atoms with E-state index in [9.17, 15) is 18.0 Å². The number of hydrogen-bond donors (Lipinski definition) is 1. The number of benzene rings is 1. The minimum Gasteiger partial charge on any atom is -0.306 e. The van der Waals surface area contributed by atoms with Gasteiger partial charge in [-0.1, -0.05) is 18.6 Å². The van der Waals surface area contributed by atoms with Gasteiger partial charge in [-0.25, -0.2) is 4.68 Å². The van der Waals surface area contributed by atoms with Gasteiger partial charge in [0.05, 0.1) is 16.8 Å². The standard InChI is InChI=1S/C21H22F3N3O/c1-20(2,3)27-18-16(17(26-27)13-5-4-6-13)11-15(19(28)25-18)12-7-9-14(10-8-12)21(22,23)24/h7-11,13H,4-6H2,1-3H3,(H,25,28). The third-order valence-electron chi connectivity index (χ3n) is 5.37. The van der Waals surface area contributed by atoms with Gasteiger partial charge in [0.1, 0.15) is 5.65 Å². The van der Waals surface area contributed by atoms with E-state index in [1.54, 1.807) is 6.07 Å². The molecule has 0 saturated heterocycles. The lowest BCUT2D eigenvalue weighted by atomic mass is 9.82. The smallest absolute Gasteiger partial charge is 0.306 e. The van der Waals surface area contributed by atoms with Crippen LogP contribution in [-0.4, -0.2) is 14.8 Å². The molecule has 4 nitrogen and oxygen atoms in total. The number of aromatic amines is 1. The highest BCUT2D eigenvalue weighted by Gasteiger charge is 2.31. The van der Waals surface area contributed by atoms with Crippen LogP contribution >= 0.6 is 0 Å². The molecule has 1 saturated carbocycles. The summed E-state index contributed by atoms with van der Waals surface area (Å²) >= 11 is 0. The summed E-state index contributed by atoms with van der Waals surface area (Å²) in [4.78, 5) is 15.7. The van der Waals surface area contributed by atoms with Gasteiger partial charge in [-0.15, -0.1) is 0 Å². The molecule has 0 unspecified atom stereocenters. The number of H-pyrrole nitrogens is 1. The van der Waals surface area contributed by atoms with E-state index in [1.165, 1.54) is 12.1 Å². The zero-order valence-corrected chi connectivity index (χ0v) is 16.0. The number of alkyl halides is 3. The largest absolute Gasteiger partial charge is 0.416 e. The van der Waals surface area contributed by atoms with Gasteiger partial charge in [0.25, 0.3) is 5.56 Å². The van der Waals surface area contributed by atoms with E-state index < -0.39 is 11.7 Å². The van der Waals surface area contributed by atoms with E-state index in [-0.39, 0.29) is 11.1 Å². The second-order valence-electron chi connectivity index (χ2n) is 8.45. The highest BCUT2D eigenvalue weighted by Crippen LogP contribution is 2.40. The van der Waals surface area contributed by atoms with Gasteiger partial charge in [-0.2, -0.15) is 18.3 Å². The Balaban J connectivity index is 1.89. The van der Waals surface area contributed by atoms with Crippen molar-refractivity contribution >= 4 is 11.0 Å².